The summed E-state index contributed by atoms with van der Waals surface area (Å²) in [6.07, 6.45) is -3.35. The van der Waals surface area contributed by atoms with Crippen molar-refractivity contribution in [2.75, 3.05) is 0 Å². The van der Waals surface area contributed by atoms with Crippen molar-refractivity contribution in [2.45, 2.75) is 45.0 Å². The van der Waals surface area contributed by atoms with Gasteiger partial charge in [0.05, 0.1) is 5.41 Å². The van der Waals surface area contributed by atoms with Crippen molar-refractivity contribution in [3.8, 4) is 0 Å². The zero-order chi connectivity index (χ0) is 11.9. The monoisotopic (exact) mass is 225 g/mol. The highest BCUT2D eigenvalue weighted by Crippen LogP contribution is 2.35. The number of hydrogen-bond donors (Lipinski definition) is 1. The van der Waals surface area contributed by atoms with Crippen LogP contribution in [0.5, 0.6) is 0 Å². The zero-order valence-electron chi connectivity index (χ0n) is 8.60. The molecule has 88 valence electrons. The number of rotatable bonds is 3. The minimum atomic E-state index is -4.59. The average molecular weight is 225 g/mol. The minimum Gasteiger partial charge on any atom is -0.462 e. The molecule has 1 aliphatic rings. The van der Waals surface area contributed by atoms with Gasteiger partial charge in [-0.15, -0.1) is 0 Å². The second-order valence-electron chi connectivity index (χ2n) is 4.35. The molecule has 1 aliphatic carbocycles. The molecule has 0 spiro atoms. The van der Waals surface area contributed by atoms with E-state index in [9.17, 15) is 18.0 Å². The van der Waals surface area contributed by atoms with E-state index in [1.165, 1.54) is 0 Å². The molecule has 2 N–H and O–H groups in total. The Morgan fingerprint density at radius 1 is 1.40 bits per heavy atom. The van der Waals surface area contributed by atoms with E-state index >= 15 is 0 Å². The number of halogens is 3. The second-order valence-corrected chi connectivity index (χ2v) is 4.35. The third-order valence-electron chi connectivity index (χ3n) is 2.45. The van der Waals surface area contributed by atoms with Gasteiger partial charge in [-0.25, -0.2) is 0 Å². The van der Waals surface area contributed by atoms with Crippen LogP contribution in [0.15, 0.2) is 0 Å². The van der Waals surface area contributed by atoms with Crippen molar-refractivity contribution in [1.29, 1.82) is 0 Å². The Hall–Kier alpha value is -0.780. The number of esters is 1. The first-order valence-electron chi connectivity index (χ1n) is 4.69. The fourth-order valence-corrected chi connectivity index (χ4v) is 1.03. The van der Waals surface area contributed by atoms with Crippen LogP contribution in [0.2, 0.25) is 0 Å². The van der Waals surface area contributed by atoms with Crippen LogP contribution < -0.4 is 5.73 Å². The van der Waals surface area contributed by atoms with Crippen LogP contribution in [-0.4, -0.2) is 24.3 Å². The molecule has 0 radical (unpaired) electrons. The van der Waals surface area contributed by atoms with Gasteiger partial charge in [-0.2, -0.15) is 13.2 Å². The van der Waals surface area contributed by atoms with Gasteiger partial charge < -0.3 is 10.5 Å². The quantitative estimate of drug-likeness (QED) is 0.742. The van der Waals surface area contributed by atoms with Crippen LogP contribution in [0.3, 0.4) is 0 Å². The molecule has 1 rings (SSSR count). The first-order valence-corrected chi connectivity index (χ1v) is 4.69. The highest BCUT2D eigenvalue weighted by Gasteiger charge is 2.51. The van der Waals surface area contributed by atoms with Crippen molar-refractivity contribution in [3.05, 3.63) is 0 Å². The molecular formula is C9H14F3NO2. The van der Waals surface area contributed by atoms with Crippen molar-refractivity contribution < 1.29 is 22.7 Å². The second kappa shape index (κ2) is 3.66. The van der Waals surface area contributed by atoms with E-state index in [0.29, 0.717) is 0 Å². The fourth-order valence-electron chi connectivity index (χ4n) is 1.03. The summed E-state index contributed by atoms with van der Waals surface area (Å²) < 4.78 is 41.8. The normalized spacial score (nSPS) is 19.9. The van der Waals surface area contributed by atoms with Gasteiger partial charge in [-0.05, 0) is 26.7 Å². The highest BCUT2D eigenvalue weighted by molar-refractivity contribution is 5.77. The smallest absolute Gasteiger partial charge is 0.404 e. The van der Waals surface area contributed by atoms with Crippen LogP contribution in [0.1, 0.15) is 26.7 Å². The standard InChI is InChI=1S/C9H14F3NO2/c1-8(2,6(13)9(10,11)12)7(14)15-5-3-4-5/h5-6H,3-4,13H2,1-2H3/t6-/m1/s1. The largest absolute Gasteiger partial charge is 0.462 e. The lowest BCUT2D eigenvalue weighted by molar-refractivity contribution is -0.189. The lowest BCUT2D eigenvalue weighted by atomic mass is 9.84. The maximum atomic E-state index is 12.3. The summed E-state index contributed by atoms with van der Waals surface area (Å²) in [6.45, 7) is 2.30. The van der Waals surface area contributed by atoms with E-state index in [0.717, 1.165) is 26.7 Å². The van der Waals surface area contributed by atoms with Crippen LogP contribution in [-0.2, 0) is 9.53 Å². The van der Waals surface area contributed by atoms with Crippen molar-refractivity contribution >= 4 is 5.97 Å². The summed E-state index contributed by atoms with van der Waals surface area (Å²) in [6, 6.07) is -2.20. The zero-order valence-corrected chi connectivity index (χ0v) is 8.60. The van der Waals surface area contributed by atoms with Gasteiger partial charge in [0, 0.05) is 0 Å². The Kier molecular flexibility index (Phi) is 3.00. The molecule has 0 heterocycles. The molecule has 6 heteroatoms. The van der Waals surface area contributed by atoms with E-state index < -0.39 is 23.6 Å². The number of carbonyl (C=O) groups is 1. The lowest BCUT2D eigenvalue weighted by Crippen LogP contribution is -2.53. The van der Waals surface area contributed by atoms with Gasteiger partial charge in [0.2, 0.25) is 0 Å². The molecule has 0 saturated heterocycles. The highest BCUT2D eigenvalue weighted by atomic mass is 19.4. The molecule has 1 saturated carbocycles. The average Bonchev–Trinajstić information content (AvgIpc) is 2.85. The first-order chi connectivity index (χ1) is 6.65. The summed E-state index contributed by atoms with van der Waals surface area (Å²) in [5, 5.41) is 0. The third kappa shape index (κ3) is 2.84. The molecular weight excluding hydrogens is 211 g/mol. The van der Waals surface area contributed by atoms with E-state index in [1.807, 2.05) is 0 Å². The Morgan fingerprint density at radius 3 is 2.20 bits per heavy atom. The maximum Gasteiger partial charge on any atom is 0.404 e. The van der Waals surface area contributed by atoms with Gasteiger partial charge in [-0.1, -0.05) is 0 Å². The molecule has 0 aromatic heterocycles. The van der Waals surface area contributed by atoms with Crippen molar-refractivity contribution in [2.24, 2.45) is 11.1 Å². The number of carbonyl (C=O) groups excluding carboxylic acids is 1. The first kappa shape index (κ1) is 12.3. The predicted octanol–water partition coefficient (Wildman–Crippen LogP) is 1.61. The summed E-state index contributed by atoms with van der Waals surface area (Å²) in [7, 11) is 0. The Bertz CT molecular complexity index is 259. The van der Waals surface area contributed by atoms with E-state index in [-0.39, 0.29) is 6.10 Å². The van der Waals surface area contributed by atoms with E-state index in [1.54, 1.807) is 0 Å². The van der Waals surface area contributed by atoms with Gasteiger partial charge in [0.15, 0.2) is 0 Å². The van der Waals surface area contributed by atoms with Crippen molar-refractivity contribution in [1.82, 2.24) is 0 Å². The number of hydrogen-bond acceptors (Lipinski definition) is 3. The van der Waals surface area contributed by atoms with Crippen LogP contribution >= 0.6 is 0 Å². The molecule has 1 fully saturated rings. The van der Waals surface area contributed by atoms with E-state index in [2.05, 4.69) is 0 Å². The van der Waals surface area contributed by atoms with Gasteiger partial charge >= 0.3 is 12.1 Å². The lowest BCUT2D eigenvalue weighted by Gasteiger charge is -2.30. The van der Waals surface area contributed by atoms with Gasteiger partial charge in [0.1, 0.15) is 12.1 Å². The van der Waals surface area contributed by atoms with Crippen LogP contribution in [0.4, 0.5) is 13.2 Å². The van der Waals surface area contributed by atoms with E-state index in [4.69, 9.17) is 10.5 Å². The maximum absolute atomic E-state index is 12.3. The summed E-state index contributed by atoms with van der Waals surface area (Å²) in [4.78, 5) is 11.4. The fraction of sp³-hybridized carbons (Fsp3) is 0.889. The molecule has 0 unspecified atom stereocenters. The van der Waals surface area contributed by atoms with Crippen LogP contribution in [0.25, 0.3) is 0 Å². The predicted molar refractivity (Wildman–Crippen MR) is 46.9 cm³/mol. The Balaban J connectivity index is 2.66. The Labute approximate surface area is 85.8 Å². The SMILES string of the molecule is CC(C)(C(=O)OC1CC1)[C@@H](N)C(F)(F)F. The topological polar surface area (TPSA) is 52.3 Å². The van der Waals surface area contributed by atoms with Gasteiger partial charge in [0.25, 0.3) is 0 Å². The minimum absolute atomic E-state index is 0.211. The molecule has 0 amide bonds. The molecule has 3 nitrogen and oxygen atoms in total. The number of nitrogens with two attached hydrogens (primary N) is 1. The molecule has 15 heavy (non-hydrogen) atoms. The molecule has 0 aliphatic heterocycles. The summed E-state index contributed by atoms with van der Waals surface area (Å²) >= 11 is 0. The number of alkyl halides is 3. The summed E-state index contributed by atoms with van der Waals surface area (Å²) in [5.41, 5.74) is 3.26. The molecule has 0 bridgehead atoms. The number of ether oxygens (including phenoxy) is 1. The molecule has 1 atom stereocenters. The third-order valence-corrected chi connectivity index (χ3v) is 2.45. The molecule has 0 aromatic rings. The van der Waals surface area contributed by atoms with Crippen LogP contribution in [0, 0.1) is 5.41 Å². The Morgan fingerprint density at radius 2 is 1.87 bits per heavy atom. The molecule has 0 aromatic carbocycles. The van der Waals surface area contributed by atoms with Crippen molar-refractivity contribution in [3.63, 3.8) is 0 Å². The van der Waals surface area contributed by atoms with Gasteiger partial charge in [-0.3, -0.25) is 4.79 Å². The summed E-state index contributed by atoms with van der Waals surface area (Å²) in [5.74, 6) is -0.880.